The number of nitrogens with one attached hydrogen (secondary N) is 2. The molecule has 22 heavy (non-hydrogen) atoms. The fourth-order valence-electron chi connectivity index (χ4n) is 1.97. The SMILES string of the molecule is CC(C)CCNC(=O)CC(=O)Nc1ccc(C(C)(C)C)cc1. The van der Waals surface area contributed by atoms with Crippen molar-refractivity contribution in [1.29, 1.82) is 0 Å². The molecule has 1 aromatic carbocycles. The van der Waals surface area contributed by atoms with Crippen LogP contribution in [0.1, 0.15) is 53.0 Å². The topological polar surface area (TPSA) is 58.2 Å². The van der Waals surface area contributed by atoms with Gasteiger partial charge in [0.05, 0.1) is 0 Å². The van der Waals surface area contributed by atoms with Crippen molar-refractivity contribution >= 4 is 17.5 Å². The Kier molecular flexibility index (Phi) is 6.60. The average molecular weight is 304 g/mol. The summed E-state index contributed by atoms with van der Waals surface area (Å²) in [5.41, 5.74) is 2.00. The second-order valence-electron chi connectivity index (χ2n) is 7.08. The molecule has 0 aliphatic rings. The minimum atomic E-state index is -0.287. The van der Waals surface area contributed by atoms with E-state index in [1.165, 1.54) is 5.56 Å². The fraction of sp³-hybridized carbons (Fsp3) is 0.556. The van der Waals surface area contributed by atoms with E-state index in [9.17, 15) is 9.59 Å². The van der Waals surface area contributed by atoms with E-state index in [0.29, 0.717) is 18.2 Å². The smallest absolute Gasteiger partial charge is 0.233 e. The largest absolute Gasteiger partial charge is 0.356 e. The van der Waals surface area contributed by atoms with Gasteiger partial charge >= 0.3 is 0 Å². The highest BCUT2D eigenvalue weighted by molar-refractivity contribution is 6.03. The number of amides is 2. The van der Waals surface area contributed by atoms with E-state index in [0.717, 1.165) is 6.42 Å². The number of anilines is 1. The first kappa shape index (κ1) is 18.2. The van der Waals surface area contributed by atoms with Crippen LogP contribution >= 0.6 is 0 Å². The molecule has 1 aromatic rings. The van der Waals surface area contributed by atoms with Crippen LogP contribution in [0, 0.1) is 5.92 Å². The zero-order valence-electron chi connectivity index (χ0n) is 14.3. The quantitative estimate of drug-likeness (QED) is 0.791. The highest BCUT2D eigenvalue weighted by atomic mass is 16.2. The number of carbonyl (C=O) groups is 2. The van der Waals surface area contributed by atoms with Gasteiger partial charge in [-0.05, 0) is 35.4 Å². The van der Waals surface area contributed by atoms with E-state index < -0.39 is 0 Å². The zero-order chi connectivity index (χ0) is 16.8. The molecule has 1 rings (SSSR count). The first-order chi connectivity index (χ1) is 10.2. The first-order valence-electron chi connectivity index (χ1n) is 7.85. The molecule has 122 valence electrons. The molecule has 4 heteroatoms. The minimum absolute atomic E-state index is 0.0822. The highest BCUT2D eigenvalue weighted by Gasteiger charge is 2.14. The van der Waals surface area contributed by atoms with Crippen molar-refractivity contribution in [2.24, 2.45) is 5.92 Å². The molecule has 0 heterocycles. The number of carbonyl (C=O) groups excluding carboxylic acids is 2. The Hall–Kier alpha value is -1.84. The second-order valence-corrected chi connectivity index (χ2v) is 7.08. The maximum atomic E-state index is 11.8. The van der Waals surface area contributed by atoms with Crippen LogP contribution in [-0.2, 0) is 15.0 Å². The number of rotatable bonds is 6. The van der Waals surface area contributed by atoms with E-state index in [-0.39, 0.29) is 23.7 Å². The molecule has 0 fully saturated rings. The van der Waals surface area contributed by atoms with Crippen molar-refractivity contribution < 1.29 is 9.59 Å². The fourth-order valence-corrected chi connectivity index (χ4v) is 1.97. The number of hydrogen-bond donors (Lipinski definition) is 2. The van der Waals surface area contributed by atoms with Gasteiger partial charge in [0.1, 0.15) is 6.42 Å². The van der Waals surface area contributed by atoms with Crippen LogP contribution in [0.5, 0.6) is 0 Å². The van der Waals surface area contributed by atoms with Crippen molar-refractivity contribution in [2.45, 2.75) is 52.9 Å². The van der Waals surface area contributed by atoms with Gasteiger partial charge in [-0.25, -0.2) is 0 Å². The summed E-state index contributed by atoms with van der Waals surface area (Å²) in [6, 6.07) is 7.74. The predicted molar refractivity (Wildman–Crippen MR) is 90.9 cm³/mol. The molecule has 0 aliphatic carbocycles. The molecular formula is C18H28N2O2. The first-order valence-corrected chi connectivity index (χ1v) is 7.85. The maximum absolute atomic E-state index is 11.8. The predicted octanol–water partition coefficient (Wildman–Crippen LogP) is 3.48. The van der Waals surface area contributed by atoms with Gasteiger partial charge < -0.3 is 10.6 Å². The summed E-state index contributed by atoms with van der Waals surface area (Å²) in [4.78, 5) is 23.5. The molecule has 0 bridgehead atoms. The van der Waals surface area contributed by atoms with E-state index >= 15 is 0 Å². The van der Waals surface area contributed by atoms with E-state index in [1.54, 1.807) is 0 Å². The molecule has 0 saturated carbocycles. The van der Waals surface area contributed by atoms with Crippen LogP contribution in [0.15, 0.2) is 24.3 Å². The van der Waals surface area contributed by atoms with Crippen LogP contribution in [0.25, 0.3) is 0 Å². The van der Waals surface area contributed by atoms with Gasteiger partial charge in [-0.15, -0.1) is 0 Å². The average Bonchev–Trinajstić information content (AvgIpc) is 2.37. The lowest BCUT2D eigenvalue weighted by Gasteiger charge is -2.19. The zero-order valence-corrected chi connectivity index (χ0v) is 14.3. The van der Waals surface area contributed by atoms with Crippen LogP contribution in [-0.4, -0.2) is 18.4 Å². The maximum Gasteiger partial charge on any atom is 0.233 e. The minimum Gasteiger partial charge on any atom is -0.356 e. The van der Waals surface area contributed by atoms with Crippen LogP contribution in [0.3, 0.4) is 0 Å². The summed E-state index contributed by atoms with van der Waals surface area (Å²) in [5.74, 6) is 0.0190. The van der Waals surface area contributed by atoms with Gasteiger partial charge in [0, 0.05) is 12.2 Å². The number of benzene rings is 1. The van der Waals surface area contributed by atoms with Crippen LogP contribution in [0.4, 0.5) is 5.69 Å². The number of hydrogen-bond acceptors (Lipinski definition) is 2. The van der Waals surface area contributed by atoms with Crippen molar-refractivity contribution in [2.75, 3.05) is 11.9 Å². The lowest BCUT2D eigenvalue weighted by Crippen LogP contribution is -2.29. The van der Waals surface area contributed by atoms with E-state index in [1.807, 2.05) is 24.3 Å². The molecule has 0 radical (unpaired) electrons. The molecule has 0 atom stereocenters. The molecule has 0 unspecified atom stereocenters. The van der Waals surface area contributed by atoms with Crippen molar-refractivity contribution in [3.63, 3.8) is 0 Å². The Balaban J connectivity index is 2.43. The normalized spacial score (nSPS) is 11.4. The Morgan fingerprint density at radius 2 is 1.64 bits per heavy atom. The van der Waals surface area contributed by atoms with Gasteiger partial charge in [0.15, 0.2) is 0 Å². The van der Waals surface area contributed by atoms with Gasteiger partial charge in [-0.2, -0.15) is 0 Å². The van der Waals surface area contributed by atoms with Gasteiger partial charge in [0.2, 0.25) is 11.8 Å². The van der Waals surface area contributed by atoms with Gasteiger partial charge in [-0.3, -0.25) is 9.59 Å². The van der Waals surface area contributed by atoms with Crippen molar-refractivity contribution in [1.82, 2.24) is 5.32 Å². The third-order valence-electron chi connectivity index (χ3n) is 3.40. The summed E-state index contributed by atoms with van der Waals surface area (Å²) >= 11 is 0. The lowest BCUT2D eigenvalue weighted by molar-refractivity contribution is -0.126. The molecule has 2 amide bonds. The van der Waals surface area contributed by atoms with E-state index in [2.05, 4.69) is 45.3 Å². The van der Waals surface area contributed by atoms with Crippen molar-refractivity contribution in [3.05, 3.63) is 29.8 Å². The molecule has 4 nitrogen and oxygen atoms in total. The molecule has 0 aromatic heterocycles. The standard InChI is InChI=1S/C18H28N2O2/c1-13(2)10-11-19-16(21)12-17(22)20-15-8-6-14(7-9-15)18(3,4)5/h6-9,13H,10-12H2,1-5H3,(H,19,21)(H,20,22). The summed E-state index contributed by atoms with van der Waals surface area (Å²) in [6.07, 6.45) is 0.779. The lowest BCUT2D eigenvalue weighted by atomic mass is 9.87. The summed E-state index contributed by atoms with van der Waals surface area (Å²) in [6.45, 7) is 11.2. The molecule has 0 aliphatic heterocycles. The Morgan fingerprint density at radius 3 is 2.14 bits per heavy atom. The molecule has 0 saturated heterocycles. The Labute approximate surface area is 133 Å². The third kappa shape index (κ3) is 6.74. The molecule has 0 spiro atoms. The Morgan fingerprint density at radius 1 is 1.05 bits per heavy atom. The van der Waals surface area contributed by atoms with Crippen molar-refractivity contribution in [3.8, 4) is 0 Å². The van der Waals surface area contributed by atoms with Crippen LogP contribution in [0.2, 0.25) is 0 Å². The monoisotopic (exact) mass is 304 g/mol. The van der Waals surface area contributed by atoms with Gasteiger partial charge in [-0.1, -0.05) is 46.8 Å². The Bertz CT molecular complexity index is 499. The summed E-state index contributed by atoms with van der Waals surface area (Å²) < 4.78 is 0. The summed E-state index contributed by atoms with van der Waals surface area (Å²) in [7, 11) is 0. The third-order valence-corrected chi connectivity index (χ3v) is 3.40. The van der Waals surface area contributed by atoms with E-state index in [4.69, 9.17) is 0 Å². The second kappa shape index (κ2) is 7.97. The molecular weight excluding hydrogens is 276 g/mol. The highest BCUT2D eigenvalue weighted by Crippen LogP contribution is 2.23. The van der Waals surface area contributed by atoms with Crippen LogP contribution < -0.4 is 10.6 Å². The summed E-state index contributed by atoms with van der Waals surface area (Å²) in [5, 5.41) is 5.51. The molecule has 2 N–H and O–H groups in total. The van der Waals surface area contributed by atoms with Gasteiger partial charge in [0.25, 0.3) is 0 Å².